The molecule has 1 aliphatic rings. The van der Waals surface area contributed by atoms with Crippen LogP contribution in [-0.4, -0.2) is 40.1 Å². The molecule has 1 unspecified atom stereocenters. The summed E-state index contributed by atoms with van der Waals surface area (Å²) in [5, 5.41) is 8.88. The molecule has 1 aromatic rings. The van der Waals surface area contributed by atoms with Crippen molar-refractivity contribution in [2.75, 3.05) is 6.54 Å². The van der Waals surface area contributed by atoms with Crippen molar-refractivity contribution >= 4 is 23.6 Å². The largest absolute Gasteiger partial charge is 0.481 e. The summed E-state index contributed by atoms with van der Waals surface area (Å²) in [6.07, 6.45) is 0. The maximum absolute atomic E-state index is 13.6. The molecular weight excluding hydrogens is 288 g/mol. The topological polar surface area (TPSA) is 91.8 Å². The Hall–Kier alpha value is -2.64. The van der Waals surface area contributed by atoms with Crippen LogP contribution in [0.5, 0.6) is 0 Å². The van der Waals surface area contributed by atoms with Gasteiger partial charge in [-0.05, 0) is 19.1 Å². The summed E-state index contributed by atoms with van der Waals surface area (Å²) in [6.45, 7) is 0.216. The lowest BCUT2D eigenvalue weighted by Crippen LogP contribution is -2.40. The standard InChI is InChI=1S/C13H9F2NO5/c1-5(17)6(13(20)21)4-16-11(18)9-7(14)2-3-8(15)10(9)12(16)19/h2-3,6H,4H2,1H3,(H,20,21). The number of hydrogen-bond acceptors (Lipinski definition) is 4. The number of carboxylic acid groups (broad SMARTS) is 1. The van der Waals surface area contributed by atoms with Gasteiger partial charge in [-0.3, -0.25) is 24.1 Å². The first kappa shape index (κ1) is 14.8. The molecule has 0 aliphatic carbocycles. The van der Waals surface area contributed by atoms with E-state index in [0.717, 1.165) is 6.92 Å². The van der Waals surface area contributed by atoms with Crippen LogP contribution in [0.4, 0.5) is 8.78 Å². The van der Waals surface area contributed by atoms with Gasteiger partial charge in [0.15, 0.2) is 0 Å². The second kappa shape index (κ2) is 5.04. The second-order valence-electron chi connectivity index (χ2n) is 4.50. The predicted octanol–water partition coefficient (Wildman–Crippen LogP) is 0.851. The van der Waals surface area contributed by atoms with Gasteiger partial charge in [0.05, 0.1) is 11.1 Å². The molecule has 0 spiro atoms. The lowest BCUT2D eigenvalue weighted by molar-refractivity contribution is -0.145. The van der Waals surface area contributed by atoms with Crippen molar-refractivity contribution in [3.8, 4) is 0 Å². The molecule has 0 fully saturated rings. The van der Waals surface area contributed by atoms with Crippen molar-refractivity contribution in [3.05, 3.63) is 34.9 Å². The highest BCUT2D eigenvalue weighted by Crippen LogP contribution is 2.28. The van der Waals surface area contributed by atoms with Gasteiger partial charge in [-0.2, -0.15) is 0 Å². The number of hydrogen-bond donors (Lipinski definition) is 1. The number of Topliss-reactive ketones (excluding diaryl/α,β-unsaturated/α-hetero) is 1. The molecule has 0 aromatic heterocycles. The van der Waals surface area contributed by atoms with Crippen LogP contribution in [0.1, 0.15) is 27.6 Å². The Bertz CT molecular complexity index is 630. The number of amides is 2. The highest BCUT2D eigenvalue weighted by Gasteiger charge is 2.42. The Balaban J connectivity index is 2.43. The summed E-state index contributed by atoms with van der Waals surface area (Å²) in [7, 11) is 0. The number of rotatable bonds is 4. The molecule has 21 heavy (non-hydrogen) atoms. The van der Waals surface area contributed by atoms with Crippen LogP contribution in [0.15, 0.2) is 12.1 Å². The summed E-state index contributed by atoms with van der Waals surface area (Å²) >= 11 is 0. The molecule has 8 heteroatoms. The van der Waals surface area contributed by atoms with Crippen molar-refractivity contribution in [2.24, 2.45) is 5.92 Å². The average molecular weight is 297 g/mol. The van der Waals surface area contributed by atoms with Crippen LogP contribution in [0.25, 0.3) is 0 Å². The third-order valence-electron chi connectivity index (χ3n) is 3.18. The molecule has 0 saturated carbocycles. The second-order valence-corrected chi connectivity index (χ2v) is 4.50. The number of ketones is 1. The van der Waals surface area contributed by atoms with Gasteiger partial charge in [0.2, 0.25) is 0 Å². The van der Waals surface area contributed by atoms with E-state index in [0.29, 0.717) is 17.0 Å². The van der Waals surface area contributed by atoms with Gasteiger partial charge >= 0.3 is 5.97 Å². The molecule has 0 bridgehead atoms. The van der Waals surface area contributed by atoms with Crippen molar-refractivity contribution < 1.29 is 33.1 Å². The van der Waals surface area contributed by atoms with Crippen LogP contribution in [0, 0.1) is 17.6 Å². The Morgan fingerprint density at radius 1 is 1.14 bits per heavy atom. The number of carboxylic acids is 1. The van der Waals surface area contributed by atoms with Gasteiger partial charge in [-0.15, -0.1) is 0 Å². The normalized spacial score (nSPS) is 15.1. The Morgan fingerprint density at radius 2 is 1.57 bits per heavy atom. The minimum atomic E-state index is -1.64. The van der Waals surface area contributed by atoms with E-state index in [9.17, 15) is 28.0 Å². The fraction of sp³-hybridized carbons (Fsp3) is 0.231. The molecule has 1 heterocycles. The summed E-state index contributed by atoms with van der Waals surface area (Å²) in [6, 6.07) is 1.39. The minimum absolute atomic E-state index is 0.372. The van der Waals surface area contributed by atoms with Gasteiger partial charge in [0.25, 0.3) is 11.8 Å². The highest BCUT2D eigenvalue weighted by molar-refractivity contribution is 6.22. The molecule has 0 saturated heterocycles. The molecule has 110 valence electrons. The number of aliphatic carboxylic acids is 1. The van der Waals surface area contributed by atoms with E-state index >= 15 is 0 Å². The highest BCUT2D eigenvalue weighted by atomic mass is 19.1. The quantitative estimate of drug-likeness (QED) is 0.657. The summed E-state index contributed by atoms with van der Waals surface area (Å²) in [4.78, 5) is 46.4. The molecule has 6 nitrogen and oxygen atoms in total. The van der Waals surface area contributed by atoms with Crippen LogP contribution in [-0.2, 0) is 9.59 Å². The van der Waals surface area contributed by atoms with E-state index in [-0.39, 0.29) is 0 Å². The zero-order valence-corrected chi connectivity index (χ0v) is 10.7. The molecular formula is C13H9F2NO5. The Morgan fingerprint density at radius 3 is 1.90 bits per heavy atom. The number of fused-ring (bicyclic) bond motifs is 1. The lowest BCUT2D eigenvalue weighted by atomic mass is 10.1. The SMILES string of the molecule is CC(=O)C(CN1C(=O)c2c(F)ccc(F)c2C1=O)C(=O)O. The number of carbonyl (C=O) groups is 4. The van der Waals surface area contributed by atoms with E-state index in [1.54, 1.807) is 0 Å². The zero-order chi connectivity index (χ0) is 15.9. The number of nitrogens with zero attached hydrogens (tertiary/aromatic N) is 1. The van der Waals surface area contributed by atoms with Crippen molar-refractivity contribution in [2.45, 2.75) is 6.92 Å². The van der Waals surface area contributed by atoms with Gasteiger partial charge in [-0.25, -0.2) is 8.78 Å². The summed E-state index contributed by atoms with van der Waals surface area (Å²) < 4.78 is 27.1. The molecule has 2 rings (SSSR count). The zero-order valence-electron chi connectivity index (χ0n) is 10.7. The van der Waals surface area contributed by atoms with Gasteiger partial charge in [-0.1, -0.05) is 0 Å². The fourth-order valence-electron chi connectivity index (χ4n) is 2.06. The van der Waals surface area contributed by atoms with Crippen LogP contribution in [0.2, 0.25) is 0 Å². The lowest BCUT2D eigenvalue weighted by Gasteiger charge is -2.17. The molecule has 2 amide bonds. The minimum Gasteiger partial charge on any atom is -0.481 e. The number of benzene rings is 1. The number of halogens is 2. The van der Waals surface area contributed by atoms with Crippen LogP contribution >= 0.6 is 0 Å². The summed E-state index contributed by atoms with van der Waals surface area (Å²) in [5.41, 5.74) is -1.49. The van der Waals surface area contributed by atoms with E-state index in [2.05, 4.69) is 0 Å². The monoisotopic (exact) mass is 297 g/mol. The molecule has 1 atom stereocenters. The number of carbonyl (C=O) groups excluding carboxylic acids is 3. The van der Waals surface area contributed by atoms with Crippen molar-refractivity contribution in [3.63, 3.8) is 0 Å². The fourth-order valence-corrected chi connectivity index (χ4v) is 2.06. The van der Waals surface area contributed by atoms with E-state index in [1.165, 1.54) is 0 Å². The maximum atomic E-state index is 13.6. The van der Waals surface area contributed by atoms with Crippen LogP contribution in [0.3, 0.4) is 0 Å². The molecule has 1 aliphatic heterocycles. The summed E-state index contributed by atoms with van der Waals surface area (Å²) in [5.74, 6) is -8.42. The van der Waals surface area contributed by atoms with Crippen molar-refractivity contribution in [1.29, 1.82) is 0 Å². The molecule has 1 aromatic carbocycles. The third-order valence-corrected chi connectivity index (χ3v) is 3.18. The third kappa shape index (κ3) is 2.28. The van der Waals surface area contributed by atoms with E-state index in [4.69, 9.17) is 5.11 Å². The van der Waals surface area contributed by atoms with Gasteiger partial charge < -0.3 is 5.11 Å². The Kier molecular flexibility index (Phi) is 3.54. The average Bonchev–Trinajstić information content (AvgIpc) is 2.64. The number of imide groups is 1. The molecule has 0 radical (unpaired) electrons. The van der Waals surface area contributed by atoms with Crippen molar-refractivity contribution in [1.82, 2.24) is 4.90 Å². The maximum Gasteiger partial charge on any atom is 0.315 e. The van der Waals surface area contributed by atoms with Crippen LogP contribution < -0.4 is 0 Å². The smallest absolute Gasteiger partial charge is 0.315 e. The first-order chi connectivity index (χ1) is 9.75. The first-order valence-electron chi connectivity index (χ1n) is 5.83. The van der Waals surface area contributed by atoms with Gasteiger partial charge in [0.1, 0.15) is 23.3 Å². The first-order valence-corrected chi connectivity index (χ1v) is 5.83. The Labute approximate surface area is 117 Å². The van der Waals surface area contributed by atoms with E-state index in [1.807, 2.05) is 0 Å². The predicted molar refractivity (Wildman–Crippen MR) is 63.5 cm³/mol. The molecule has 1 N–H and O–H groups in total. The van der Waals surface area contributed by atoms with Gasteiger partial charge in [0, 0.05) is 6.54 Å². The van der Waals surface area contributed by atoms with E-state index < -0.39 is 58.8 Å².